The number of nitrogens with zero attached hydrogens (tertiary/aromatic N) is 2. The number of rotatable bonds is 2. The van der Waals surface area contributed by atoms with Crippen LogP contribution in [0.15, 0.2) is 24.3 Å². The minimum absolute atomic E-state index is 0.0642. The number of amides is 1. The lowest BCUT2D eigenvalue weighted by Crippen LogP contribution is -2.46. The van der Waals surface area contributed by atoms with Crippen LogP contribution in [0.5, 0.6) is 0 Å². The lowest BCUT2D eigenvalue weighted by Gasteiger charge is -2.34. The number of hydrogen-bond donors (Lipinski definition) is 1. The third-order valence-electron chi connectivity index (χ3n) is 4.61. The summed E-state index contributed by atoms with van der Waals surface area (Å²) < 4.78 is 13.2. The van der Waals surface area contributed by atoms with Gasteiger partial charge in [0.25, 0.3) is 5.91 Å². The molecular formula is C16H22FN3O. The zero-order valence-electron chi connectivity index (χ0n) is 12.2. The van der Waals surface area contributed by atoms with E-state index >= 15 is 0 Å². The summed E-state index contributed by atoms with van der Waals surface area (Å²) in [6.45, 7) is 3.54. The molecule has 1 aromatic rings. The second kappa shape index (κ2) is 6.12. The van der Waals surface area contributed by atoms with Crippen LogP contribution in [-0.2, 0) is 0 Å². The Hall–Kier alpha value is -1.46. The average molecular weight is 291 g/mol. The van der Waals surface area contributed by atoms with E-state index in [0.29, 0.717) is 17.6 Å². The smallest absolute Gasteiger partial charge is 0.254 e. The monoisotopic (exact) mass is 291 g/mol. The fourth-order valence-corrected chi connectivity index (χ4v) is 3.31. The maximum atomic E-state index is 13.2. The van der Waals surface area contributed by atoms with Crippen molar-refractivity contribution in [1.82, 2.24) is 9.80 Å². The molecule has 0 bridgehead atoms. The zero-order valence-corrected chi connectivity index (χ0v) is 12.2. The molecule has 0 spiro atoms. The van der Waals surface area contributed by atoms with Crippen molar-refractivity contribution in [1.29, 1.82) is 0 Å². The van der Waals surface area contributed by atoms with Gasteiger partial charge in [-0.3, -0.25) is 9.69 Å². The molecule has 0 radical (unpaired) electrons. The van der Waals surface area contributed by atoms with E-state index in [1.807, 2.05) is 4.90 Å². The number of carbonyl (C=O) groups excluding carboxylic acids is 1. The summed E-state index contributed by atoms with van der Waals surface area (Å²) >= 11 is 0. The molecule has 114 valence electrons. The molecule has 5 heteroatoms. The second-order valence-electron chi connectivity index (χ2n) is 6.08. The summed E-state index contributed by atoms with van der Waals surface area (Å²) in [5, 5.41) is 0. The quantitative estimate of drug-likeness (QED) is 0.897. The molecule has 0 aromatic heterocycles. The molecule has 2 fully saturated rings. The lowest BCUT2D eigenvalue weighted by atomic mass is 10.0. The minimum Gasteiger partial charge on any atom is -0.337 e. The molecule has 21 heavy (non-hydrogen) atoms. The highest BCUT2D eigenvalue weighted by atomic mass is 19.1. The third kappa shape index (κ3) is 3.24. The molecule has 1 aromatic carbocycles. The van der Waals surface area contributed by atoms with E-state index in [2.05, 4.69) is 4.90 Å². The van der Waals surface area contributed by atoms with Gasteiger partial charge in [0.2, 0.25) is 0 Å². The first kappa shape index (κ1) is 14.5. The highest BCUT2D eigenvalue weighted by molar-refractivity contribution is 5.94. The Morgan fingerprint density at radius 1 is 1.19 bits per heavy atom. The van der Waals surface area contributed by atoms with Crippen molar-refractivity contribution in [2.75, 3.05) is 26.2 Å². The molecule has 1 atom stereocenters. The Morgan fingerprint density at radius 3 is 2.67 bits per heavy atom. The van der Waals surface area contributed by atoms with E-state index in [-0.39, 0.29) is 11.7 Å². The van der Waals surface area contributed by atoms with Crippen LogP contribution in [0.1, 0.15) is 29.6 Å². The van der Waals surface area contributed by atoms with E-state index < -0.39 is 0 Å². The summed E-state index contributed by atoms with van der Waals surface area (Å²) in [6.07, 6.45) is 3.07. The largest absolute Gasteiger partial charge is 0.337 e. The van der Waals surface area contributed by atoms with Gasteiger partial charge in [0, 0.05) is 30.7 Å². The summed E-state index contributed by atoms with van der Waals surface area (Å²) in [5.74, 6) is -0.424. The number of nitrogens with two attached hydrogens (primary N) is 1. The summed E-state index contributed by atoms with van der Waals surface area (Å²) in [4.78, 5) is 16.7. The van der Waals surface area contributed by atoms with E-state index in [4.69, 9.17) is 5.73 Å². The predicted molar refractivity (Wildman–Crippen MR) is 79.5 cm³/mol. The number of benzene rings is 1. The van der Waals surface area contributed by atoms with Crippen LogP contribution in [0.3, 0.4) is 0 Å². The van der Waals surface area contributed by atoms with Crippen LogP contribution in [0.4, 0.5) is 4.39 Å². The molecule has 1 unspecified atom stereocenters. The zero-order chi connectivity index (χ0) is 14.8. The number of piperidine rings is 1. The highest BCUT2D eigenvalue weighted by Gasteiger charge is 2.32. The predicted octanol–water partition coefficient (Wildman–Crippen LogP) is 1.46. The van der Waals surface area contributed by atoms with Gasteiger partial charge in [-0.05, 0) is 50.6 Å². The summed E-state index contributed by atoms with van der Waals surface area (Å²) in [7, 11) is 0. The van der Waals surface area contributed by atoms with Gasteiger partial charge in [-0.25, -0.2) is 4.39 Å². The van der Waals surface area contributed by atoms with Gasteiger partial charge < -0.3 is 10.6 Å². The first-order chi connectivity index (χ1) is 10.1. The van der Waals surface area contributed by atoms with Crippen LogP contribution in [0.25, 0.3) is 0 Å². The van der Waals surface area contributed by atoms with Crippen molar-refractivity contribution in [3.63, 3.8) is 0 Å². The summed E-state index contributed by atoms with van der Waals surface area (Å²) in [5.41, 5.74) is 6.38. The van der Waals surface area contributed by atoms with Gasteiger partial charge in [-0.2, -0.15) is 0 Å². The maximum absolute atomic E-state index is 13.2. The maximum Gasteiger partial charge on any atom is 0.254 e. The van der Waals surface area contributed by atoms with Crippen molar-refractivity contribution in [2.24, 2.45) is 5.73 Å². The van der Waals surface area contributed by atoms with E-state index in [9.17, 15) is 9.18 Å². The highest BCUT2D eigenvalue weighted by Crippen LogP contribution is 2.21. The van der Waals surface area contributed by atoms with Gasteiger partial charge in [0.1, 0.15) is 5.82 Å². The molecule has 2 aliphatic heterocycles. The molecule has 4 nitrogen and oxygen atoms in total. The van der Waals surface area contributed by atoms with Gasteiger partial charge >= 0.3 is 0 Å². The van der Waals surface area contributed by atoms with Gasteiger partial charge in [-0.1, -0.05) is 6.07 Å². The van der Waals surface area contributed by atoms with Gasteiger partial charge in [0.15, 0.2) is 0 Å². The standard InChI is InChI=1S/C16H22FN3O/c17-13-3-1-2-12(10-13)16(21)20-9-6-15(11-20)19-7-4-14(18)5-8-19/h1-3,10,14-15H,4-9,11,18H2. The Labute approximate surface area is 124 Å². The lowest BCUT2D eigenvalue weighted by molar-refractivity contribution is 0.0769. The van der Waals surface area contributed by atoms with Crippen LogP contribution >= 0.6 is 0 Å². The molecule has 3 rings (SSSR count). The fourth-order valence-electron chi connectivity index (χ4n) is 3.31. The topological polar surface area (TPSA) is 49.6 Å². The van der Waals surface area contributed by atoms with Crippen LogP contribution in [0.2, 0.25) is 0 Å². The van der Waals surface area contributed by atoms with Crippen molar-refractivity contribution in [2.45, 2.75) is 31.3 Å². The Balaban J connectivity index is 1.60. The second-order valence-corrected chi connectivity index (χ2v) is 6.08. The molecule has 2 N–H and O–H groups in total. The minimum atomic E-state index is -0.360. The number of halogens is 1. The fraction of sp³-hybridized carbons (Fsp3) is 0.562. The van der Waals surface area contributed by atoms with E-state index in [1.54, 1.807) is 12.1 Å². The Bertz CT molecular complexity index is 514. The van der Waals surface area contributed by atoms with Gasteiger partial charge in [-0.15, -0.1) is 0 Å². The van der Waals surface area contributed by atoms with E-state index in [0.717, 1.165) is 45.4 Å². The number of likely N-dealkylation sites (tertiary alicyclic amines) is 2. The van der Waals surface area contributed by atoms with Crippen LogP contribution in [0, 0.1) is 5.82 Å². The average Bonchev–Trinajstić information content (AvgIpc) is 2.97. The molecule has 2 heterocycles. The molecule has 2 aliphatic rings. The number of carbonyl (C=O) groups is 1. The normalized spacial score (nSPS) is 24.5. The van der Waals surface area contributed by atoms with E-state index in [1.165, 1.54) is 12.1 Å². The van der Waals surface area contributed by atoms with Crippen molar-refractivity contribution < 1.29 is 9.18 Å². The van der Waals surface area contributed by atoms with Crippen LogP contribution in [-0.4, -0.2) is 54.0 Å². The molecule has 0 saturated carbocycles. The SMILES string of the molecule is NC1CCN(C2CCN(C(=O)c3cccc(F)c3)C2)CC1. The van der Waals surface area contributed by atoms with Crippen molar-refractivity contribution >= 4 is 5.91 Å². The first-order valence-corrected chi connectivity index (χ1v) is 7.68. The Kier molecular flexibility index (Phi) is 4.22. The summed E-state index contributed by atoms with van der Waals surface area (Å²) in [6, 6.07) is 6.69. The first-order valence-electron chi connectivity index (χ1n) is 7.68. The van der Waals surface area contributed by atoms with Crippen molar-refractivity contribution in [3.05, 3.63) is 35.6 Å². The molecule has 0 aliphatic carbocycles. The molecule has 1 amide bonds. The molecular weight excluding hydrogens is 269 g/mol. The van der Waals surface area contributed by atoms with Crippen molar-refractivity contribution in [3.8, 4) is 0 Å². The molecule has 2 saturated heterocycles. The third-order valence-corrected chi connectivity index (χ3v) is 4.61. The van der Waals surface area contributed by atoms with Gasteiger partial charge in [0.05, 0.1) is 0 Å². The Morgan fingerprint density at radius 2 is 1.95 bits per heavy atom. The van der Waals surface area contributed by atoms with Crippen LogP contribution < -0.4 is 5.73 Å². The number of hydrogen-bond acceptors (Lipinski definition) is 3.